The van der Waals surface area contributed by atoms with Crippen LogP contribution in [0.4, 0.5) is 0 Å². The molecular formula is C18H19I2NO2. The standard InChI is InChI=1S/C18H19I2NO2/c1-10-12-5-6-21-16(13(12)3-4-17(10)22)9-11-7-14(19)18(23-2)15(20)8-11/h3-4,7-8,16,21-22H,5-6,9H2,1-2H3. The highest BCUT2D eigenvalue weighted by Gasteiger charge is 2.23. The number of hydrogen-bond donors (Lipinski definition) is 2. The Morgan fingerprint density at radius 2 is 1.96 bits per heavy atom. The number of aromatic hydroxyl groups is 1. The third kappa shape index (κ3) is 3.46. The van der Waals surface area contributed by atoms with Gasteiger partial charge in [0.05, 0.1) is 14.3 Å². The van der Waals surface area contributed by atoms with Gasteiger partial charge >= 0.3 is 0 Å². The first kappa shape index (κ1) is 17.3. The van der Waals surface area contributed by atoms with E-state index in [1.807, 2.05) is 13.0 Å². The number of phenolic OH excluding ortho intramolecular Hbond substituents is 1. The van der Waals surface area contributed by atoms with Gasteiger partial charge in [-0.3, -0.25) is 0 Å². The number of halogens is 2. The number of nitrogens with one attached hydrogen (secondary N) is 1. The average Bonchev–Trinajstić information content (AvgIpc) is 2.51. The Morgan fingerprint density at radius 1 is 1.26 bits per heavy atom. The largest absolute Gasteiger partial charge is 0.508 e. The molecule has 0 spiro atoms. The van der Waals surface area contributed by atoms with Gasteiger partial charge in [-0.2, -0.15) is 0 Å². The van der Waals surface area contributed by atoms with Crippen molar-refractivity contribution in [3.05, 3.63) is 53.7 Å². The van der Waals surface area contributed by atoms with E-state index in [1.165, 1.54) is 16.7 Å². The third-order valence-corrected chi connectivity index (χ3v) is 6.05. The molecule has 0 saturated heterocycles. The zero-order chi connectivity index (χ0) is 16.6. The third-order valence-electron chi connectivity index (χ3n) is 4.45. The van der Waals surface area contributed by atoms with Crippen LogP contribution in [0.2, 0.25) is 0 Å². The monoisotopic (exact) mass is 535 g/mol. The lowest BCUT2D eigenvalue weighted by Gasteiger charge is -2.29. The Labute approximate surface area is 164 Å². The molecule has 23 heavy (non-hydrogen) atoms. The fourth-order valence-corrected chi connectivity index (χ4v) is 5.59. The highest BCUT2D eigenvalue weighted by atomic mass is 127. The Bertz CT molecular complexity index is 723. The van der Waals surface area contributed by atoms with Gasteiger partial charge in [0, 0.05) is 6.04 Å². The molecule has 1 aliphatic heterocycles. The Hall–Kier alpha value is -0.540. The van der Waals surface area contributed by atoms with E-state index in [0.29, 0.717) is 5.75 Å². The fourth-order valence-electron chi connectivity index (χ4n) is 3.25. The summed E-state index contributed by atoms with van der Waals surface area (Å²) in [6, 6.07) is 8.57. The van der Waals surface area contributed by atoms with Crippen LogP contribution >= 0.6 is 45.2 Å². The van der Waals surface area contributed by atoms with Gasteiger partial charge in [-0.1, -0.05) is 6.07 Å². The summed E-state index contributed by atoms with van der Waals surface area (Å²) < 4.78 is 7.73. The van der Waals surface area contributed by atoms with E-state index < -0.39 is 0 Å². The van der Waals surface area contributed by atoms with E-state index >= 15 is 0 Å². The molecule has 1 unspecified atom stereocenters. The van der Waals surface area contributed by atoms with Gasteiger partial charge in [0.1, 0.15) is 11.5 Å². The summed E-state index contributed by atoms with van der Waals surface area (Å²) in [4.78, 5) is 0. The molecule has 3 rings (SSSR count). The van der Waals surface area contributed by atoms with Crippen molar-refractivity contribution in [2.24, 2.45) is 0 Å². The van der Waals surface area contributed by atoms with Crippen LogP contribution in [0.5, 0.6) is 11.5 Å². The summed E-state index contributed by atoms with van der Waals surface area (Å²) in [6.07, 6.45) is 1.91. The van der Waals surface area contributed by atoms with Crippen molar-refractivity contribution in [1.82, 2.24) is 5.32 Å². The summed E-state index contributed by atoms with van der Waals surface area (Å²) in [7, 11) is 1.72. The van der Waals surface area contributed by atoms with E-state index in [0.717, 1.165) is 37.8 Å². The van der Waals surface area contributed by atoms with Crippen LogP contribution in [0.1, 0.15) is 28.3 Å². The lowest BCUT2D eigenvalue weighted by molar-refractivity contribution is 0.408. The van der Waals surface area contributed by atoms with Gasteiger partial charge in [-0.15, -0.1) is 0 Å². The summed E-state index contributed by atoms with van der Waals surface area (Å²) >= 11 is 4.66. The van der Waals surface area contributed by atoms with Crippen molar-refractivity contribution in [2.75, 3.05) is 13.7 Å². The first-order chi connectivity index (χ1) is 11.0. The molecule has 1 aliphatic rings. The zero-order valence-corrected chi connectivity index (χ0v) is 17.4. The molecule has 1 heterocycles. The molecular weight excluding hydrogens is 516 g/mol. The molecule has 2 aromatic rings. The predicted octanol–water partition coefficient (Wildman–Crippen LogP) is 4.35. The maximum atomic E-state index is 9.95. The summed E-state index contributed by atoms with van der Waals surface area (Å²) in [5.74, 6) is 1.35. The summed E-state index contributed by atoms with van der Waals surface area (Å²) in [6.45, 7) is 2.96. The van der Waals surface area contributed by atoms with Gasteiger partial charge < -0.3 is 15.2 Å². The molecule has 1 atom stereocenters. The molecule has 2 N–H and O–H groups in total. The van der Waals surface area contributed by atoms with Crippen molar-refractivity contribution in [1.29, 1.82) is 0 Å². The second kappa shape index (κ2) is 7.14. The molecule has 0 amide bonds. The van der Waals surface area contributed by atoms with E-state index in [1.54, 1.807) is 7.11 Å². The van der Waals surface area contributed by atoms with Gasteiger partial charge in [-0.25, -0.2) is 0 Å². The lowest BCUT2D eigenvalue weighted by Crippen LogP contribution is -2.31. The minimum absolute atomic E-state index is 0.290. The molecule has 0 aromatic heterocycles. The minimum Gasteiger partial charge on any atom is -0.508 e. The molecule has 0 aliphatic carbocycles. The Balaban J connectivity index is 1.93. The van der Waals surface area contributed by atoms with Crippen molar-refractivity contribution >= 4 is 45.2 Å². The predicted molar refractivity (Wildman–Crippen MR) is 109 cm³/mol. The lowest BCUT2D eigenvalue weighted by atomic mass is 9.87. The number of benzene rings is 2. The SMILES string of the molecule is COc1c(I)cc(CC2NCCc3c2ccc(O)c3C)cc1I. The highest BCUT2D eigenvalue weighted by Crippen LogP contribution is 2.34. The van der Waals surface area contributed by atoms with Crippen LogP contribution in [0.25, 0.3) is 0 Å². The number of hydrogen-bond acceptors (Lipinski definition) is 3. The van der Waals surface area contributed by atoms with Gasteiger partial charge in [0.2, 0.25) is 0 Å². The van der Waals surface area contributed by atoms with Crippen LogP contribution in [-0.2, 0) is 12.8 Å². The van der Waals surface area contributed by atoms with Crippen molar-refractivity contribution in [2.45, 2.75) is 25.8 Å². The van der Waals surface area contributed by atoms with Crippen LogP contribution in [0.15, 0.2) is 24.3 Å². The number of ether oxygens (including phenoxy) is 1. The maximum absolute atomic E-state index is 9.95. The minimum atomic E-state index is 0.290. The van der Waals surface area contributed by atoms with Gasteiger partial charge in [0.25, 0.3) is 0 Å². The normalized spacial score (nSPS) is 17.0. The van der Waals surface area contributed by atoms with Crippen LogP contribution in [-0.4, -0.2) is 18.8 Å². The second-order valence-corrected chi connectivity index (χ2v) is 8.16. The number of rotatable bonds is 3. The average molecular weight is 535 g/mol. The summed E-state index contributed by atoms with van der Waals surface area (Å²) in [5.41, 5.74) is 4.93. The first-order valence-electron chi connectivity index (χ1n) is 7.58. The van der Waals surface area contributed by atoms with Crippen molar-refractivity contribution in [3.8, 4) is 11.5 Å². The molecule has 0 bridgehead atoms. The smallest absolute Gasteiger partial charge is 0.145 e. The van der Waals surface area contributed by atoms with E-state index in [4.69, 9.17) is 4.74 Å². The van der Waals surface area contributed by atoms with E-state index in [2.05, 4.69) is 68.7 Å². The number of phenols is 1. The first-order valence-corrected chi connectivity index (χ1v) is 9.73. The molecule has 3 nitrogen and oxygen atoms in total. The molecule has 0 fully saturated rings. The molecule has 2 aromatic carbocycles. The quantitative estimate of drug-likeness (QED) is 0.575. The molecule has 5 heteroatoms. The fraction of sp³-hybridized carbons (Fsp3) is 0.333. The number of fused-ring (bicyclic) bond motifs is 1. The van der Waals surface area contributed by atoms with Crippen LogP contribution < -0.4 is 10.1 Å². The zero-order valence-electron chi connectivity index (χ0n) is 13.1. The maximum Gasteiger partial charge on any atom is 0.145 e. The van der Waals surface area contributed by atoms with Crippen molar-refractivity contribution in [3.63, 3.8) is 0 Å². The van der Waals surface area contributed by atoms with Crippen molar-refractivity contribution < 1.29 is 9.84 Å². The van der Waals surface area contributed by atoms with E-state index in [-0.39, 0.29) is 6.04 Å². The number of methoxy groups -OCH3 is 1. The van der Waals surface area contributed by atoms with E-state index in [9.17, 15) is 5.11 Å². The van der Waals surface area contributed by atoms with Gasteiger partial charge in [0.15, 0.2) is 0 Å². The second-order valence-electron chi connectivity index (χ2n) is 5.83. The summed E-state index contributed by atoms with van der Waals surface area (Å²) in [5, 5.41) is 13.6. The highest BCUT2D eigenvalue weighted by molar-refractivity contribution is 14.1. The topological polar surface area (TPSA) is 41.5 Å². The van der Waals surface area contributed by atoms with Crippen LogP contribution in [0.3, 0.4) is 0 Å². The molecule has 122 valence electrons. The van der Waals surface area contributed by atoms with Crippen LogP contribution in [0, 0.1) is 14.1 Å². The van der Waals surface area contributed by atoms with Gasteiger partial charge in [-0.05, 0) is 112 Å². The Morgan fingerprint density at radius 3 is 2.61 bits per heavy atom. The molecule has 0 saturated carbocycles. The molecule has 0 radical (unpaired) electrons. The Kier molecular flexibility index (Phi) is 5.37.